The Labute approximate surface area is 132 Å². The van der Waals surface area contributed by atoms with Gasteiger partial charge in [-0.15, -0.1) is 0 Å². The summed E-state index contributed by atoms with van der Waals surface area (Å²) in [5.74, 6) is 1.32. The summed E-state index contributed by atoms with van der Waals surface area (Å²) in [4.78, 5) is 11.8. The summed E-state index contributed by atoms with van der Waals surface area (Å²) in [6, 6.07) is 7.34. The molecule has 0 fully saturated rings. The van der Waals surface area contributed by atoms with E-state index in [2.05, 4.69) is 11.4 Å². The van der Waals surface area contributed by atoms with Gasteiger partial charge >= 0.3 is 0 Å². The van der Waals surface area contributed by atoms with Crippen molar-refractivity contribution in [2.24, 2.45) is 0 Å². The summed E-state index contributed by atoms with van der Waals surface area (Å²) in [7, 11) is 0. The summed E-state index contributed by atoms with van der Waals surface area (Å²) in [6.07, 6.45) is 8.19. The van der Waals surface area contributed by atoms with Crippen LogP contribution >= 0.6 is 0 Å². The van der Waals surface area contributed by atoms with Crippen molar-refractivity contribution in [3.8, 4) is 11.5 Å². The molecule has 1 aliphatic carbocycles. The van der Waals surface area contributed by atoms with Crippen LogP contribution in [0.5, 0.6) is 11.5 Å². The number of nitrogens with one attached hydrogen (secondary N) is 1. The molecule has 0 radical (unpaired) electrons. The second-order valence-electron chi connectivity index (χ2n) is 5.40. The van der Waals surface area contributed by atoms with Gasteiger partial charge in [0.1, 0.15) is 11.5 Å². The van der Waals surface area contributed by atoms with Gasteiger partial charge in [-0.2, -0.15) is 0 Å². The molecule has 0 aliphatic heterocycles. The highest BCUT2D eigenvalue weighted by Gasteiger charge is 2.06. The third kappa shape index (κ3) is 5.80. The van der Waals surface area contributed by atoms with Gasteiger partial charge in [0, 0.05) is 12.6 Å². The van der Waals surface area contributed by atoms with Crippen LogP contribution < -0.4 is 14.8 Å². The molecule has 22 heavy (non-hydrogen) atoms. The Morgan fingerprint density at radius 1 is 1.23 bits per heavy atom. The Balaban J connectivity index is 1.66. The summed E-state index contributed by atoms with van der Waals surface area (Å²) < 4.78 is 10.9. The third-order valence-electron chi connectivity index (χ3n) is 3.64. The quantitative estimate of drug-likeness (QED) is 0.748. The lowest BCUT2D eigenvalue weighted by Gasteiger charge is -2.13. The predicted octanol–water partition coefficient (Wildman–Crippen LogP) is 3.47. The molecule has 1 aromatic carbocycles. The minimum atomic E-state index is -0.0850. The van der Waals surface area contributed by atoms with E-state index in [-0.39, 0.29) is 12.5 Å². The molecule has 1 amide bonds. The first-order valence-electron chi connectivity index (χ1n) is 8.08. The molecule has 0 unspecified atom stereocenters. The van der Waals surface area contributed by atoms with Crippen LogP contribution in [0.1, 0.15) is 39.0 Å². The van der Waals surface area contributed by atoms with Gasteiger partial charge in [0.15, 0.2) is 6.61 Å². The first kappa shape index (κ1) is 16.4. The van der Waals surface area contributed by atoms with Gasteiger partial charge in [-0.05, 0) is 51.2 Å². The smallest absolute Gasteiger partial charge is 0.257 e. The van der Waals surface area contributed by atoms with Gasteiger partial charge < -0.3 is 14.8 Å². The lowest BCUT2D eigenvalue weighted by atomic mass is 9.97. The molecule has 0 saturated carbocycles. The fourth-order valence-corrected chi connectivity index (χ4v) is 2.51. The zero-order valence-electron chi connectivity index (χ0n) is 13.3. The van der Waals surface area contributed by atoms with Gasteiger partial charge in [0.05, 0.1) is 6.61 Å². The Morgan fingerprint density at radius 2 is 2.05 bits per heavy atom. The number of benzene rings is 1. The number of rotatable bonds is 8. The number of hydrogen-bond donors (Lipinski definition) is 1. The van der Waals surface area contributed by atoms with Crippen LogP contribution in [0.25, 0.3) is 0 Å². The van der Waals surface area contributed by atoms with E-state index >= 15 is 0 Å². The molecule has 1 N–H and O–H groups in total. The molecule has 0 saturated heterocycles. The Bertz CT molecular complexity index is 511. The topological polar surface area (TPSA) is 47.6 Å². The van der Waals surface area contributed by atoms with E-state index in [1.165, 1.54) is 31.3 Å². The van der Waals surface area contributed by atoms with Crippen molar-refractivity contribution in [3.63, 3.8) is 0 Å². The van der Waals surface area contributed by atoms with Crippen molar-refractivity contribution >= 4 is 5.91 Å². The van der Waals surface area contributed by atoms with E-state index in [4.69, 9.17) is 9.47 Å². The number of hydrogen-bond acceptors (Lipinski definition) is 3. The summed E-state index contributed by atoms with van der Waals surface area (Å²) in [5, 5.41) is 2.90. The maximum atomic E-state index is 11.8. The number of carbonyl (C=O) groups is 1. The second-order valence-corrected chi connectivity index (χ2v) is 5.40. The Kier molecular flexibility index (Phi) is 6.81. The highest BCUT2D eigenvalue weighted by atomic mass is 16.5. The standard InChI is InChI=1S/C18H25NO3/c1-2-21-16-9-6-10-17(13-16)22-14-18(20)19-12-11-15-7-4-3-5-8-15/h6-7,9-10,13H,2-5,8,11-12,14H2,1H3,(H,19,20). The molecule has 120 valence electrons. The van der Waals surface area contributed by atoms with Crippen molar-refractivity contribution < 1.29 is 14.3 Å². The SMILES string of the molecule is CCOc1cccc(OCC(=O)NCCC2=CCCCC2)c1. The van der Waals surface area contributed by atoms with Crippen molar-refractivity contribution in [1.29, 1.82) is 0 Å². The van der Waals surface area contributed by atoms with Crippen molar-refractivity contribution in [2.75, 3.05) is 19.8 Å². The molecular formula is C18H25NO3. The largest absolute Gasteiger partial charge is 0.494 e. The Morgan fingerprint density at radius 3 is 2.77 bits per heavy atom. The van der Waals surface area contributed by atoms with Crippen molar-refractivity contribution in [3.05, 3.63) is 35.9 Å². The van der Waals surface area contributed by atoms with Crippen LogP contribution in [-0.4, -0.2) is 25.7 Å². The summed E-state index contributed by atoms with van der Waals surface area (Å²) >= 11 is 0. The van der Waals surface area contributed by atoms with E-state index in [1.54, 1.807) is 6.07 Å². The fourth-order valence-electron chi connectivity index (χ4n) is 2.51. The van der Waals surface area contributed by atoms with E-state index in [9.17, 15) is 4.79 Å². The molecule has 0 spiro atoms. The summed E-state index contributed by atoms with van der Waals surface area (Å²) in [5.41, 5.74) is 1.47. The first-order chi connectivity index (χ1) is 10.8. The predicted molar refractivity (Wildman–Crippen MR) is 87.3 cm³/mol. The highest BCUT2D eigenvalue weighted by molar-refractivity contribution is 5.77. The Hall–Kier alpha value is -1.97. The monoisotopic (exact) mass is 303 g/mol. The molecule has 0 atom stereocenters. The summed E-state index contributed by atoms with van der Waals surface area (Å²) in [6.45, 7) is 3.27. The van der Waals surface area contributed by atoms with Gasteiger partial charge in [-0.25, -0.2) is 0 Å². The van der Waals surface area contributed by atoms with Crippen molar-refractivity contribution in [1.82, 2.24) is 5.32 Å². The molecule has 0 bridgehead atoms. The van der Waals surface area contributed by atoms with Gasteiger partial charge in [0.2, 0.25) is 0 Å². The van der Waals surface area contributed by atoms with E-state index < -0.39 is 0 Å². The molecule has 1 aromatic rings. The highest BCUT2D eigenvalue weighted by Crippen LogP contribution is 2.20. The molecule has 0 aromatic heterocycles. The van der Waals surface area contributed by atoms with E-state index in [0.717, 1.165) is 12.2 Å². The first-order valence-corrected chi connectivity index (χ1v) is 8.08. The zero-order valence-corrected chi connectivity index (χ0v) is 13.3. The van der Waals surface area contributed by atoms with Gasteiger partial charge in [-0.3, -0.25) is 4.79 Å². The minimum Gasteiger partial charge on any atom is -0.494 e. The van der Waals surface area contributed by atoms with Gasteiger partial charge in [0.25, 0.3) is 5.91 Å². The zero-order chi connectivity index (χ0) is 15.6. The van der Waals surface area contributed by atoms with Gasteiger partial charge in [-0.1, -0.05) is 17.7 Å². The van der Waals surface area contributed by atoms with E-state index in [0.29, 0.717) is 18.9 Å². The lowest BCUT2D eigenvalue weighted by molar-refractivity contribution is -0.123. The average molecular weight is 303 g/mol. The van der Waals surface area contributed by atoms with Crippen LogP contribution in [0, 0.1) is 0 Å². The van der Waals surface area contributed by atoms with E-state index in [1.807, 2.05) is 25.1 Å². The lowest BCUT2D eigenvalue weighted by Crippen LogP contribution is -2.30. The minimum absolute atomic E-state index is 0.0363. The second kappa shape index (κ2) is 9.13. The number of amides is 1. The van der Waals surface area contributed by atoms with Crippen LogP contribution in [0.4, 0.5) is 0 Å². The fraction of sp³-hybridized carbons (Fsp3) is 0.500. The third-order valence-corrected chi connectivity index (χ3v) is 3.64. The van der Waals surface area contributed by atoms with Crippen LogP contribution in [0.15, 0.2) is 35.9 Å². The normalized spacial score (nSPS) is 14.1. The number of carbonyl (C=O) groups excluding carboxylic acids is 1. The maximum Gasteiger partial charge on any atom is 0.257 e. The molecule has 4 heteroatoms. The average Bonchev–Trinajstić information content (AvgIpc) is 2.55. The molecule has 0 heterocycles. The number of allylic oxidation sites excluding steroid dienone is 1. The van der Waals surface area contributed by atoms with Crippen LogP contribution in [0.3, 0.4) is 0 Å². The number of ether oxygens (including phenoxy) is 2. The maximum absolute atomic E-state index is 11.8. The van der Waals surface area contributed by atoms with Crippen LogP contribution in [-0.2, 0) is 4.79 Å². The molecule has 1 aliphatic rings. The molecular weight excluding hydrogens is 278 g/mol. The van der Waals surface area contributed by atoms with Crippen LogP contribution in [0.2, 0.25) is 0 Å². The molecule has 4 nitrogen and oxygen atoms in total. The van der Waals surface area contributed by atoms with Crippen molar-refractivity contribution in [2.45, 2.75) is 39.0 Å². The molecule has 2 rings (SSSR count).